The molecule has 7 nitrogen and oxygen atoms in total. The van der Waals surface area contributed by atoms with Gasteiger partial charge in [0.15, 0.2) is 6.10 Å². The van der Waals surface area contributed by atoms with Crippen LogP contribution in [-0.2, 0) is 25.0 Å². The van der Waals surface area contributed by atoms with Crippen molar-refractivity contribution < 1.29 is 28.2 Å². The highest BCUT2D eigenvalue weighted by atomic mass is 31.2. The van der Waals surface area contributed by atoms with E-state index in [1.807, 2.05) is 31.1 Å². The first-order valence-electron chi connectivity index (χ1n) is 13.7. The van der Waals surface area contributed by atoms with Gasteiger partial charge < -0.3 is 28.3 Å². The molecule has 2 unspecified atom stereocenters. The second-order valence-electron chi connectivity index (χ2n) is 9.64. The Morgan fingerprint density at radius 3 is 2.08 bits per heavy atom. The molecule has 0 aliphatic heterocycles. The fourth-order valence-corrected chi connectivity index (χ4v) is 4.47. The molecular weight excluding hydrogens is 477 g/mol. The van der Waals surface area contributed by atoms with E-state index in [9.17, 15) is 9.69 Å². The maximum atomic E-state index is 11.4. The third-order valence-electron chi connectivity index (χ3n) is 5.83. The smallest absolute Gasteiger partial charge is 0.329 e. The zero-order valence-corrected chi connectivity index (χ0v) is 24.0. The van der Waals surface area contributed by atoms with Crippen molar-refractivity contribution in [1.82, 2.24) is 4.90 Å². The molecule has 208 valence electrons. The molecule has 1 rings (SSSR count). The van der Waals surface area contributed by atoms with Crippen molar-refractivity contribution in [2.24, 2.45) is 0 Å². The minimum absolute atomic E-state index is 0.00624. The third kappa shape index (κ3) is 18.9. The molecule has 1 N–H and O–H groups in total. The van der Waals surface area contributed by atoms with Gasteiger partial charge in [-0.1, -0.05) is 76.8 Å². The summed E-state index contributed by atoms with van der Waals surface area (Å²) in [5.74, 6) is 0.290. The number of carbonyl (C=O) groups excluding carboxylic acids is 1. The summed E-state index contributed by atoms with van der Waals surface area (Å²) in [5.41, 5.74) is 1.30. The van der Waals surface area contributed by atoms with E-state index in [1.54, 1.807) is 0 Å². The van der Waals surface area contributed by atoms with E-state index in [1.165, 1.54) is 76.7 Å². The Morgan fingerprint density at radius 1 is 0.889 bits per heavy atom. The van der Waals surface area contributed by atoms with Gasteiger partial charge in [0.2, 0.25) is 0 Å². The van der Waals surface area contributed by atoms with Gasteiger partial charge in [-0.25, -0.2) is 0 Å². The summed E-state index contributed by atoms with van der Waals surface area (Å²) in [4.78, 5) is 23.4. The van der Waals surface area contributed by atoms with Crippen molar-refractivity contribution in [3.8, 4) is 5.75 Å². The molecule has 0 aliphatic carbocycles. The van der Waals surface area contributed by atoms with Crippen LogP contribution in [0.3, 0.4) is 0 Å². The Hall–Kier alpha value is -1.24. The minimum atomic E-state index is -2.02. The molecule has 0 amide bonds. The second-order valence-corrected chi connectivity index (χ2v) is 10.6. The van der Waals surface area contributed by atoms with Gasteiger partial charge >= 0.3 is 14.6 Å². The number of rotatable bonds is 23. The second kappa shape index (κ2) is 21.8. The molecule has 8 heteroatoms. The summed E-state index contributed by atoms with van der Waals surface area (Å²) in [7, 11) is 1.94. The van der Waals surface area contributed by atoms with E-state index in [2.05, 4.69) is 19.1 Å². The molecule has 0 aliphatic rings. The highest BCUT2D eigenvalue weighted by Gasteiger charge is 2.17. The average Bonchev–Trinajstić information content (AvgIpc) is 2.85. The normalized spacial score (nSPS) is 13.1. The van der Waals surface area contributed by atoms with Crippen LogP contribution in [-0.4, -0.2) is 62.3 Å². The van der Waals surface area contributed by atoms with Gasteiger partial charge in [0.25, 0.3) is 0 Å². The first-order valence-corrected chi connectivity index (χ1v) is 14.8. The van der Waals surface area contributed by atoms with Gasteiger partial charge in [0.1, 0.15) is 12.4 Å². The van der Waals surface area contributed by atoms with Crippen LogP contribution in [0, 0.1) is 0 Å². The number of hydrogen-bond donors (Lipinski definition) is 1. The van der Waals surface area contributed by atoms with Gasteiger partial charge in [0.05, 0.1) is 13.2 Å². The highest BCUT2D eigenvalue weighted by molar-refractivity contribution is 7.40. The fraction of sp³-hybridized carbons (Fsp3) is 0.750. The SMILES string of the molecule is CCCCCCCCCCCCc1ccc(OCC(COP(O)OCCCN(C)C)OC(C)=O)cc1. The molecule has 36 heavy (non-hydrogen) atoms. The monoisotopic (exact) mass is 527 g/mol. The Bertz CT molecular complexity index is 658. The Kier molecular flexibility index (Phi) is 19.9. The number of nitrogens with zero attached hydrogens (tertiary/aromatic N) is 1. The average molecular weight is 528 g/mol. The number of aryl methyl sites for hydroxylation is 1. The number of benzene rings is 1. The summed E-state index contributed by atoms with van der Waals surface area (Å²) < 4.78 is 21.7. The maximum absolute atomic E-state index is 11.4. The molecule has 0 bridgehead atoms. The van der Waals surface area contributed by atoms with E-state index in [0.717, 1.165) is 19.4 Å². The number of carbonyl (C=O) groups is 1. The number of hydrogen-bond acceptors (Lipinski definition) is 7. The van der Waals surface area contributed by atoms with Crippen molar-refractivity contribution in [2.45, 2.75) is 97.0 Å². The van der Waals surface area contributed by atoms with Crippen LogP contribution in [0.2, 0.25) is 0 Å². The van der Waals surface area contributed by atoms with Gasteiger partial charge in [-0.15, -0.1) is 0 Å². The maximum Gasteiger partial charge on any atom is 0.329 e. The number of ether oxygens (including phenoxy) is 2. The molecule has 1 aromatic rings. The number of unbranched alkanes of at least 4 members (excludes halogenated alkanes) is 9. The first-order chi connectivity index (χ1) is 17.4. The lowest BCUT2D eigenvalue weighted by Crippen LogP contribution is -2.28. The zero-order valence-electron chi connectivity index (χ0n) is 23.1. The molecule has 0 heterocycles. The van der Waals surface area contributed by atoms with E-state index in [4.69, 9.17) is 18.5 Å². The molecule has 2 atom stereocenters. The van der Waals surface area contributed by atoms with Crippen LogP contribution in [0.4, 0.5) is 0 Å². The lowest BCUT2D eigenvalue weighted by Gasteiger charge is -2.19. The minimum Gasteiger partial charge on any atom is -0.490 e. The van der Waals surface area contributed by atoms with Crippen molar-refractivity contribution >= 4 is 14.6 Å². The molecule has 0 saturated carbocycles. The van der Waals surface area contributed by atoms with E-state index >= 15 is 0 Å². The van der Waals surface area contributed by atoms with Crippen LogP contribution < -0.4 is 4.74 Å². The van der Waals surface area contributed by atoms with Gasteiger partial charge in [0, 0.05) is 6.92 Å². The molecule has 0 radical (unpaired) electrons. The quantitative estimate of drug-likeness (QED) is 0.0968. The molecule has 0 spiro atoms. The topological polar surface area (TPSA) is 77.5 Å². The Morgan fingerprint density at radius 2 is 1.50 bits per heavy atom. The van der Waals surface area contributed by atoms with Crippen molar-refractivity contribution in [2.75, 3.05) is 40.5 Å². The van der Waals surface area contributed by atoms with Crippen LogP contribution in [0.15, 0.2) is 24.3 Å². The standard InChI is InChI=1S/C28H50NO6P/c1-5-6-7-8-9-10-11-12-13-14-16-26-17-19-27(20-18-26)32-23-28(35-25(2)30)24-34-36(31)33-22-15-21-29(3)4/h17-20,28,31H,5-16,21-24H2,1-4H3. The van der Waals surface area contributed by atoms with Gasteiger partial charge in [-0.05, 0) is 57.6 Å². The third-order valence-corrected chi connectivity index (χ3v) is 6.61. The number of esters is 1. The zero-order chi connectivity index (χ0) is 26.4. The molecule has 0 fully saturated rings. The highest BCUT2D eigenvalue weighted by Crippen LogP contribution is 2.33. The van der Waals surface area contributed by atoms with E-state index in [-0.39, 0.29) is 13.2 Å². The molecule has 0 saturated heterocycles. The predicted molar refractivity (Wildman–Crippen MR) is 147 cm³/mol. The van der Waals surface area contributed by atoms with Crippen molar-refractivity contribution in [1.29, 1.82) is 0 Å². The van der Waals surface area contributed by atoms with E-state index in [0.29, 0.717) is 12.4 Å². The summed E-state index contributed by atoms with van der Waals surface area (Å²) >= 11 is 0. The molecule has 0 aromatic heterocycles. The van der Waals surface area contributed by atoms with Gasteiger partial charge in [-0.3, -0.25) is 4.79 Å². The molecular formula is C28H50NO6P. The van der Waals surface area contributed by atoms with Gasteiger partial charge in [-0.2, -0.15) is 0 Å². The summed E-state index contributed by atoms with van der Waals surface area (Å²) in [5, 5.41) is 0. The fourth-order valence-electron chi connectivity index (χ4n) is 3.82. The van der Waals surface area contributed by atoms with Crippen LogP contribution >= 0.6 is 8.60 Å². The molecule has 1 aromatic carbocycles. The van der Waals surface area contributed by atoms with Crippen LogP contribution in [0.1, 0.15) is 90.0 Å². The van der Waals surface area contributed by atoms with Crippen LogP contribution in [0.5, 0.6) is 5.75 Å². The lowest BCUT2D eigenvalue weighted by atomic mass is 10.0. The van der Waals surface area contributed by atoms with Crippen molar-refractivity contribution in [3.05, 3.63) is 29.8 Å². The largest absolute Gasteiger partial charge is 0.490 e. The van der Waals surface area contributed by atoms with Crippen molar-refractivity contribution in [3.63, 3.8) is 0 Å². The first kappa shape index (κ1) is 32.8. The summed E-state index contributed by atoms with van der Waals surface area (Å²) in [6.07, 6.45) is 14.7. The summed E-state index contributed by atoms with van der Waals surface area (Å²) in [6, 6.07) is 8.08. The predicted octanol–water partition coefficient (Wildman–Crippen LogP) is 6.66. The lowest BCUT2D eigenvalue weighted by molar-refractivity contribution is -0.149. The van der Waals surface area contributed by atoms with E-state index < -0.39 is 20.7 Å². The van der Waals surface area contributed by atoms with Crippen LogP contribution in [0.25, 0.3) is 0 Å². The Labute approximate surface area is 220 Å². The summed E-state index contributed by atoms with van der Waals surface area (Å²) in [6.45, 7) is 5.02. The Balaban J connectivity index is 2.24.